The Labute approximate surface area is 109 Å². The van der Waals surface area contributed by atoms with Crippen molar-refractivity contribution < 1.29 is 21.6 Å². The van der Waals surface area contributed by atoms with E-state index >= 15 is 0 Å². The summed E-state index contributed by atoms with van der Waals surface area (Å²) >= 11 is 0. The Morgan fingerprint density at radius 2 is 2.05 bits per heavy atom. The highest BCUT2D eigenvalue weighted by Gasteiger charge is 2.37. The van der Waals surface area contributed by atoms with E-state index in [1.54, 1.807) is 6.92 Å². The summed E-state index contributed by atoms with van der Waals surface area (Å²) in [5, 5.41) is 0. The van der Waals surface area contributed by atoms with Crippen LogP contribution in [-0.4, -0.2) is 37.0 Å². The van der Waals surface area contributed by atoms with E-state index in [9.17, 15) is 21.6 Å². The number of pyridine rings is 1. The minimum absolute atomic E-state index is 0.127. The summed E-state index contributed by atoms with van der Waals surface area (Å²) < 4.78 is 61.9. The first-order valence-corrected chi connectivity index (χ1v) is 6.89. The smallest absolute Gasteiger partial charge is 0.398 e. The summed E-state index contributed by atoms with van der Waals surface area (Å²) in [6, 6.07) is 1.23. The number of anilines is 1. The molecule has 5 nitrogen and oxygen atoms in total. The first-order valence-electron chi connectivity index (χ1n) is 5.45. The second-order valence-electron chi connectivity index (χ2n) is 3.87. The first-order chi connectivity index (χ1) is 8.68. The van der Waals surface area contributed by atoms with Crippen LogP contribution >= 0.6 is 0 Å². The van der Waals surface area contributed by atoms with Crippen molar-refractivity contribution in [2.24, 2.45) is 0 Å². The maximum absolute atomic E-state index is 12.4. The van der Waals surface area contributed by atoms with Crippen LogP contribution in [-0.2, 0) is 10.0 Å². The van der Waals surface area contributed by atoms with E-state index in [1.807, 2.05) is 0 Å². The molecule has 0 radical (unpaired) electrons. The molecule has 0 aliphatic rings. The van der Waals surface area contributed by atoms with Gasteiger partial charge >= 0.3 is 6.18 Å². The average molecular weight is 297 g/mol. The molecule has 1 heterocycles. The molecule has 108 valence electrons. The minimum atomic E-state index is -4.61. The number of nitrogen functional groups attached to an aromatic ring is 1. The van der Waals surface area contributed by atoms with Crippen molar-refractivity contribution in [3.05, 3.63) is 18.5 Å². The molecule has 0 bridgehead atoms. The number of hydrogen-bond donors (Lipinski definition) is 1. The SMILES string of the molecule is CCCN(CC(F)(F)F)S(=O)(=O)c1cnccc1N. The Bertz CT molecular complexity index is 531. The van der Waals surface area contributed by atoms with E-state index in [1.165, 1.54) is 12.3 Å². The number of halogens is 3. The lowest BCUT2D eigenvalue weighted by Crippen LogP contribution is -2.39. The molecule has 0 atom stereocenters. The summed E-state index contributed by atoms with van der Waals surface area (Å²) in [6.07, 6.45) is -2.14. The predicted octanol–water partition coefficient (Wildman–Crippen LogP) is 1.63. The summed E-state index contributed by atoms with van der Waals surface area (Å²) in [6.45, 7) is -0.195. The van der Waals surface area contributed by atoms with Crippen molar-refractivity contribution in [1.29, 1.82) is 0 Å². The Balaban J connectivity index is 3.17. The zero-order valence-corrected chi connectivity index (χ0v) is 11.0. The van der Waals surface area contributed by atoms with Crippen LogP contribution < -0.4 is 5.73 Å². The molecule has 19 heavy (non-hydrogen) atoms. The van der Waals surface area contributed by atoms with E-state index in [-0.39, 0.29) is 18.7 Å². The van der Waals surface area contributed by atoms with Gasteiger partial charge in [-0.1, -0.05) is 6.92 Å². The van der Waals surface area contributed by atoms with Crippen LogP contribution in [0.5, 0.6) is 0 Å². The largest absolute Gasteiger partial charge is 0.402 e. The number of aromatic nitrogens is 1. The molecule has 0 unspecified atom stereocenters. The van der Waals surface area contributed by atoms with Crippen molar-refractivity contribution in [1.82, 2.24) is 9.29 Å². The molecule has 0 amide bonds. The van der Waals surface area contributed by atoms with Crippen LogP contribution in [0.4, 0.5) is 18.9 Å². The van der Waals surface area contributed by atoms with Crippen LogP contribution in [0.25, 0.3) is 0 Å². The van der Waals surface area contributed by atoms with Crippen molar-refractivity contribution in [2.75, 3.05) is 18.8 Å². The lowest BCUT2D eigenvalue weighted by atomic mass is 10.4. The molecule has 9 heteroatoms. The van der Waals surface area contributed by atoms with E-state index in [0.717, 1.165) is 6.20 Å². The summed E-state index contributed by atoms with van der Waals surface area (Å²) in [4.78, 5) is 3.17. The van der Waals surface area contributed by atoms with Gasteiger partial charge in [0.05, 0.1) is 5.69 Å². The molecule has 1 aromatic rings. The highest BCUT2D eigenvalue weighted by Crippen LogP contribution is 2.25. The molecular formula is C10H14F3N3O2S. The van der Waals surface area contributed by atoms with Crippen LogP contribution in [0.1, 0.15) is 13.3 Å². The fourth-order valence-electron chi connectivity index (χ4n) is 1.48. The average Bonchev–Trinajstić information content (AvgIpc) is 2.27. The van der Waals surface area contributed by atoms with Crippen LogP contribution in [0.3, 0.4) is 0 Å². The lowest BCUT2D eigenvalue weighted by Gasteiger charge is -2.23. The summed E-state index contributed by atoms with van der Waals surface area (Å²) in [5.74, 6) is 0. The predicted molar refractivity (Wildman–Crippen MR) is 63.8 cm³/mol. The molecule has 0 saturated carbocycles. The zero-order chi connectivity index (χ0) is 14.7. The maximum atomic E-state index is 12.4. The highest BCUT2D eigenvalue weighted by atomic mass is 32.2. The van der Waals surface area contributed by atoms with Gasteiger partial charge < -0.3 is 5.73 Å². The van der Waals surface area contributed by atoms with Gasteiger partial charge in [0.2, 0.25) is 10.0 Å². The van der Waals surface area contributed by atoms with Crippen LogP contribution in [0.2, 0.25) is 0 Å². The van der Waals surface area contributed by atoms with Crippen molar-refractivity contribution in [3.63, 3.8) is 0 Å². The van der Waals surface area contributed by atoms with Gasteiger partial charge in [0.1, 0.15) is 11.4 Å². The Kier molecular flexibility index (Phi) is 4.75. The van der Waals surface area contributed by atoms with Gasteiger partial charge in [0.25, 0.3) is 0 Å². The molecule has 1 aromatic heterocycles. The Morgan fingerprint density at radius 3 is 2.53 bits per heavy atom. The standard InChI is InChI=1S/C10H14F3N3O2S/c1-2-5-16(7-10(11,12)13)19(17,18)9-6-15-4-3-8(9)14/h3-4,6H,2,5,7H2,1H3,(H2,14,15). The number of alkyl halides is 3. The van der Waals surface area contributed by atoms with Crippen LogP contribution in [0.15, 0.2) is 23.4 Å². The van der Waals surface area contributed by atoms with Gasteiger partial charge in [-0.3, -0.25) is 4.98 Å². The maximum Gasteiger partial charge on any atom is 0.402 e. The van der Waals surface area contributed by atoms with E-state index in [2.05, 4.69) is 4.98 Å². The second-order valence-corrected chi connectivity index (χ2v) is 5.77. The molecule has 0 aromatic carbocycles. The van der Waals surface area contributed by atoms with Crippen molar-refractivity contribution in [2.45, 2.75) is 24.4 Å². The van der Waals surface area contributed by atoms with Crippen molar-refractivity contribution in [3.8, 4) is 0 Å². The van der Waals surface area contributed by atoms with Crippen molar-refractivity contribution >= 4 is 15.7 Å². The molecule has 0 spiro atoms. The van der Waals surface area contributed by atoms with Gasteiger partial charge in [-0.2, -0.15) is 17.5 Å². The molecule has 2 N–H and O–H groups in total. The fourth-order valence-corrected chi connectivity index (χ4v) is 3.06. The second kappa shape index (κ2) is 5.74. The number of nitrogens with zero attached hydrogens (tertiary/aromatic N) is 2. The fraction of sp³-hybridized carbons (Fsp3) is 0.500. The molecular weight excluding hydrogens is 283 g/mol. The number of nitrogens with two attached hydrogens (primary N) is 1. The number of rotatable bonds is 5. The third-order valence-corrected chi connectivity index (χ3v) is 4.15. The Morgan fingerprint density at radius 1 is 1.42 bits per heavy atom. The van der Waals surface area contributed by atoms with E-state index < -0.39 is 27.6 Å². The van der Waals surface area contributed by atoms with Crippen LogP contribution in [0, 0.1) is 0 Å². The van der Waals surface area contributed by atoms with E-state index in [4.69, 9.17) is 5.73 Å². The molecule has 0 fully saturated rings. The molecule has 1 rings (SSSR count). The monoisotopic (exact) mass is 297 g/mol. The highest BCUT2D eigenvalue weighted by molar-refractivity contribution is 7.89. The Hall–Kier alpha value is -1.35. The first kappa shape index (κ1) is 15.7. The van der Waals surface area contributed by atoms with E-state index in [0.29, 0.717) is 4.31 Å². The zero-order valence-electron chi connectivity index (χ0n) is 10.2. The van der Waals surface area contributed by atoms with Gasteiger partial charge in [0, 0.05) is 18.9 Å². The molecule has 0 aliphatic carbocycles. The third kappa shape index (κ3) is 4.06. The summed E-state index contributed by atoms with van der Waals surface area (Å²) in [5.41, 5.74) is 5.35. The minimum Gasteiger partial charge on any atom is -0.398 e. The number of hydrogen-bond acceptors (Lipinski definition) is 4. The normalized spacial score (nSPS) is 12.9. The van der Waals surface area contributed by atoms with Gasteiger partial charge in [-0.05, 0) is 12.5 Å². The molecule has 0 aliphatic heterocycles. The lowest BCUT2D eigenvalue weighted by molar-refractivity contribution is -0.136. The van der Waals surface area contributed by atoms with Gasteiger partial charge in [-0.15, -0.1) is 0 Å². The van der Waals surface area contributed by atoms with Gasteiger partial charge in [0.15, 0.2) is 0 Å². The summed E-state index contributed by atoms with van der Waals surface area (Å²) in [7, 11) is -4.30. The topological polar surface area (TPSA) is 76.3 Å². The van der Waals surface area contributed by atoms with Gasteiger partial charge in [-0.25, -0.2) is 8.42 Å². The quantitative estimate of drug-likeness (QED) is 0.896. The number of sulfonamides is 1. The third-order valence-electron chi connectivity index (χ3n) is 2.26. The molecule has 0 saturated heterocycles.